The van der Waals surface area contributed by atoms with E-state index in [-0.39, 0.29) is 10.8 Å². The Morgan fingerprint density at radius 2 is 1.78 bits per heavy atom. The fraction of sp³-hybridized carbons (Fsp3) is 0.316. The summed E-state index contributed by atoms with van der Waals surface area (Å²) < 4.78 is 32.5. The number of hydrogen-bond acceptors (Lipinski definition) is 4. The molecule has 1 fully saturated rings. The number of nitrogens with one attached hydrogen (secondary N) is 1. The van der Waals surface area contributed by atoms with E-state index < -0.39 is 16.1 Å². The van der Waals surface area contributed by atoms with Crippen LogP contribution in [0.25, 0.3) is 0 Å². The van der Waals surface area contributed by atoms with Gasteiger partial charge >= 0.3 is 0 Å². The Hall–Kier alpha value is -2.09. The van der Waals surface area contributed by atoms with Crippen molar-refractivity contribution in [2.24, 2.45) is 0 Å². The lowest BCUT2D eigenvalue weighted by Crippen LogP contribution is -2.49. The zero-order valence-corrected chi connectivity index (χ0v) is 16.5. The summed E-state index contributed by atoms with van der Waals surface area (Å²) in [4.78, 5) is 12.9. The van der Waals surface area contributed by atoms with Crippen LogP contribution in [0.15, 0.2) is 53.4 Å². The summed E-state index contributed by atoms with van der Waals surface area (Å²) in [6, 6.07) is 12.2. The molecule has 1 atom stereocenters. The Kier molecular flexibility index (Phi) is 6.04. The van der Waals surface area contributed by atoms with Crippen LogP contribution in [0, 0.1) is 0 Å². The highest BCUT2D eigenvalue weighted by Crippen LogP contribution is 2.27. The number of carbonyl (C=O) groups is 1. The van der Waals surface area contributed by atoms with Gasteiger partial charge in [-0.3, -0.25) is 4.79 Å². The summed E-state index contributed by atoms with van der Waals surface area (Å²) in [5, 5.41) is 3.26. The van der Waals surface area contributed by atoms with Crippen molar-refractivity contribution < 1.29 is 17.9 Å². The Morgan fingerprint density at radius 1 is 1.11 bits per heavy atom. The van der Waals surface area contributed by atoms with Crippen molar-refractivity contribution in [3.05, 3.63) is 53.6 Å². The Balaban J connectivity index is 1.81. The number of anilines is 1. The molecule has 0 spiro atoms. The minimum Gasteiger partial charge on any atom is -0.497 e. The zero-order valence-electron chi connectivity index (χ0n) is 14.9. The van der Waals surface area contributed by atoms with E-state index in [0.29, 0.717) is 29.4 Å². The van der Waals surface area contributed by atoms with Gasteiger partial charge in [0.05, 0.1) is 12.0 Å². The first-order valence-electron chi connectivity index (χ1n) is 8.64. The fourth-order valence-electron chi connectivity index (χ4n) is 3.10. The maximum Gasteiger partial charge on any atom is 0.243 e. The number of ether oxygens (including phenoxy) is 1. The van der Waals surface area contributed by atoms with Gasteiger partial charge in [0.15, 0.2) is 0 Å². The number of nitrogens with zero attached hydrogens (tertiary/aromatic N) is 1. The van der Waals surface area contributed by atoms with E-state index in [2.05, 4.69) is 5.32 Å². The summed E-state index contributed by atoms with van der Waals surface area (Å²) in [7, 11) is -2.22. The largest absolute Gasteiger partial charge is 0.497 e. The second-order valence-electron chi connectivity index (χ2n) is 6.30. The third kappa shape index (κ3) is 4.43. The monoisotopic (exact) mass is 408 g/mol. The molecule has 0 bridgehead atoms. The predicted molar refractivity (Wildman–Crippen MR) is 105 cm³/mol. The number of hydrogen-bond donors (Lipinski definition) is 1. The molecule has 1 saturated heterocycles. The third-order valence-electron chi connectivity index (χ3n) is 4.53. The lowest BCUT2D eigenvalue weighted by Gasteiger charge is -2.33. The molecule has 1 aliphatic rings. The van der Waals surface area contributed by atoms with E-state index in [9.17, 15) is 13.2 Å². The minimum absolute atomic E-state index is 0.135. The van der Waals surface area contributed by atoms with Crippen molar-refractivity contribution in [2.45, 2.75) is 30.2 Å². The molecule has 3 rings (SSSR count). The minimum atomic E-state index is -3.78. The van der Waals surface area contributed by atoms with Crippen molar-refractivity contribution in [1.82, 2.24) is 4.31 Å². The number of carbonyl (C=O) groups excluding carboxylic acids is 1. The molecule has 1 aliphatic heterocycles. The zero-order chi connectivity index (χ0) is 19.4. The molecule has 27 heavy (non-hydrogen) atoms. The number of halogens is 1. The van der Waals surface area contributed by atoms with Crippen molar-refractivity contribution >= 4 is 33.2 Å². The van der Waals surface area contributed by atoms with Gasteiger partial charge in [0.1, 0.15) is 11.8 Å². The Morgan fingerprint density at radius 3 is 2.41 bits per heavy atom. The number of amides is 1. The fourth-order valence-corrected chi connectivity index (χ4v) is 4.88. The molecule has 8 heteroatoms. The molecule has 0 saturated carbocycles. The molecule has 2 aromatic rings. The number of piperidine rings is 1. The number of sulfonamides is 1. The van der Waals surface area contributed by atoms with E-state index >= 15 is 0 Å². The van der Waals surface area contributed by atoms with E-state index in [4.69, 9.17) is 16.3 Å². The van der Waals surface area contributed by atoms with Crippen molar-refractivity contribution in [2.75, 3.05) is 19.0 Å². The average Bonchev–Trinajstić information content (AvgIpc) is 2.69. The van der Waals surface area contributed by atoms with E-state index in [1.54, 1.807) is 31.4 Å². The molecule has 1 heterocycles. The normalized spacial score (nSPS) is 18.1. The highest BCUT2D eigenvalue weighted by Gasteiger charge is 2.37. The van der Waals surface area contributed by atoms with E-state index in [1.807, 2.05) is 0 Å². The van der Waals surface area contributed by atoms with Crippen LogP contribution in [0.5, 0.6) is 5.75 Å². The SMILES string of the molecule is COc1ccc(NC(=O)C2CCCCN2S(=O)(=O)c2ccc(Cl)cc2)cc1. The first-order valence-corrected chi connectivity index (χ1v) is 10.5. The van der Waals surface area contributed by atoms with Gasteiger partial charge in [-0.05, 0) is 61.4 Å². The highest BCUT2D eigenvalue weighted by atomic mass is 35.5. The van der Waals surface area contributed by atoms with Crippen LogP contribution in [0.4, 0.5) is 5.69 Å². The van der Waals surface area contributed by atoms with Gasteiger partial charge in [0, 0.05) is 17.3 Å². The van der Waals surface area contributed by atoms with Crippen LogP contribution in [0.3, 0.4) is 0 Å². The summed E-state index contributed by atoms with van der Waals surface area (Å²) in [6.45, 7) is 0.311. The van der Waals surface area contributed by atoms with Crippen LogP contribution in [-0.2, 0) is 14.8 Å². The molecular weight excluding hydrogens is 388 g/mol. The van der Waals surface area contributed by atoms with Gasteiger partial charge < -0.3 is 10.1 Å². The first kappa shape index (κ1) is 19.7. The summed E-state index contributed by atoms with van der Waals surface area (Å²) in [5.74, 6) is 0.343. The topological polar surface area (TPSA) is 75.7 Å². The second kappa shape index (κ2) is 8.29. The van der Waals surface area contributed by atoms with Crippen LogP contribution in [0.2, 0.25) is 5.02 Å². The molecule has 0 aromatic heterocycles. The van der Waals surface area contributed by atoms with E-state index in [0.717, 1.165) is 12.8 Å². The number of benzene rings is 2. The molecule has 6 nitrogen and oxygen atoms in total. The van der Waals surface area contributed by atoms with E-state index in [1.165, 1.54) is 28.6 Å². The number of methoxy groups -OCH3 is 1. The molecule has 1 unspecified atom stereocenters. The maximum absolute atomic E-state index is 13.0. The second-order valence-corrected chi connectivity index (χ2v) is 8.63. The smallest absolute Gasteiger partial charge is 0.243 e. The van der Waals surface area contributed by atoms with Crippen molar-refractivity contribution in [3.63, 3.8) is 0 Å². The van der Waals surface area contributed by atoms with Gasteiger partial charge in [-0.2, -0.15) is 4.31 Å². The Labute approximate surface area is 164 Å². The maximum atomic E-state index is 13.0. The Bertz CT molecular complexity index is 898. The summed E-state index contributed by atoms with van der Waals surface area (Å²) >= 11 is 5.86. The highest BCUT2D eigenvalue weighted by molar-refractivity contribution is 7.89. The van der Waals surface area contributed by atoms with Crippen molar-refractivity contribution in [1.29, 1.82) is 0 Å². The van der Waals surface area contributed by atoms with Gasteiger partial charge in [-0.1, -0.05) is 18.0 Å². The van der Waals surface area contributed by atoms with Crippen LogP contribution < -0.4 is 10.1 Å². The average molecular weight is 409 g/mol. The summed E-state index contributed by atoms with van der Waals surface area (Å²) in [5.41, 5.74) is 0.593. The molecule has 2 aromatic carbocycles. The molecule has 1 N–H and O–H groups in total. The lowest BCUT2D eigenvalue weighted by molar-refractivity contribution is -0.120. The summed E-state index contributed by atoms with van der Waals surface area (Å²) in [6.07, 6.45) is 2.00. The quantitative estimate of drug-likeness (QED) is 0.821. The third-order valence-corrected chi connectivity index (χ3v) is 6.71. The number of rotatable bonds is 5. The standard InChI is InChI=1S/C19H21ClN2O4S/c1-26-16-9-7-15(8-10-16)21-19(23)18-4-2-3-13-22(18)27(24,25)17-11-5-14(20)6-12-17/h5-12,18H,2-4,13H2,1H3,(H,21,23). The molecule has 144 valence electrons. The molecule has 0 aliphatic carbocycles. The van der Waals surface area contributed by atoms with Crippen LogP contribution in [-0.4, -0.2) is 38.3 Å². The first-order chi connectivity index (χ1) is 12.9. The lowest BCUT2D eigenvalue weighted by atomic mass is 10.0. The van der Waals surface area contributed by atoms with Crippen LogP contribution in [0.1, 0.15) is 19.3 Å². The predicted octanol–water partition coefficient (Wildman–Crippen LogP) is 3.53. The van der Waals surface area contributed by atoms with Gasteiger partial charge in [-0.15, -0.1) is 0 Å². The van der Waals surface area contributed by atoms with Gasteiger partial charge in [0.25, 0.3) is 0 Å². The van der Waals surface area contributed by atoms with Crippen molar-refractivity contribution in [3.8, 4) is 5.75 Å². The molecular formula is C19H21ClN2O4S. The van der Waals surface area contributed by atoms with Crippen LogP contribution >= 0.6 is 11.6 Å². The van der Waals surface area contributed by atoms with Gasteiger partial charge in [0.2, 0.25) is 15.9 Å². The van der Waals surface area contributed by atoms with Gasteiger partial charge in [-0.25, -0.2) is 8.42 Å². The molecule has 0 radical (unpaired) electrons. The molecule has 1 amide bonds.